The second-order valence-corrected chi connectivity index (χ2v) is 9.24. The van der Waals surface area contributed by atoms with Crippen LogP contribution in [0.2, 0.25) is 0 Å². The Morgan fingerprint density at radius 1 is 1.09 bits per heavy atom. The van der Waals surface area contributed by atoms with Crippen LogP contribution in [0.4, 0.5) is 26.3 Å². The smallest absolute Gasteiger partial charge is 0.475 e. The Bertz CT molecular complexity index is 745. The Morgan fingerprint density at radius 2 is 1.61 bits per heavy atom. The summed E-state index contributed by atoms with van der Waals surface area (Å²) in [5.74, 6) is -4.76. The maximum Gasteiger partial charge on any atom is 0.490 e. The van der Waals surface area contributed by atoms with Crippen LogP contribution in [0, 0.1) is 12.8 Å². The number of aliphatic carboxylic acids is 2. The summed E-state index contributed by atoms with van der Waals surface area (Å²) < 4.78 is 69.7. The molecule has 14 heteroatoms. The molecule has 0 bridgehead atoms. The van der Waals surface area contributed by atoms with E-state index in [0.717, 1.165) is 25.6 Å². The lowest BCUT2D eigenvalue weighted by atomic mass is 10.0. The van der Waals surface area contributed by atoms with Crippen molar-refractivity contribution >= 4 is 23.3 Å². The number of carboxylic acids is 2. The highest BCUT2D eigenvalue weighted by molar-refractivity contribution is 7.11. The molecule has 3 heterocycles. The number of aryl methyl sites for hydroxylation is 1. The zero-order chi connectivity index (χ0) is 25.6. The number of rotatable bonds is 4. The van der Waals surface area contributed by atoms with Gasteiger partial charge in [-0.25, -0.2) is 9.59 Å². The fraction of sp³-hybridized carbons (Fsp3) is 0.684. The summed E-state index contributed by atoms with van der Waals surface area (Å²) in [5.41, 5.74) is 0. The van der Waals surface area contributed by atoms with Crippen molar-refractivity contribution in [3.63, 3.8) is 0 Å². The fourth-order valence-corrected chi connectivity index (χ4v) is 4.33. The van der Waals surface area contributed by atoms with Crippen LogP contribution in [0.5, 0.6) is 0 Å². The molecule has 1 aromatic heterocycles. The second kappa shape index (κ2) is 12.0. The molecule has 2 aliphatic rings. The molecule has 0 spiro atoms. The molecule has 0 aromatic carbocycles. The molecule has 2 fully saturated rings. The van der Waals surface area contributed by atoms with Crippen LogP contribution in [0.15, 0.2) is 12.1 Å². The number of hydrogen-bond donors (Lipinski definition) is 2. The predicted octanol–water partition coefficient (Wildman–Crippen LogP) is 3.47. The van der Waals surface area contributed by atoms with Crippen LogP contribution in [-0.2, 0) is 20.9 Å². The Balaban J connectivity index is 0.000000324. The first-order valence-electron chi connectivity index (χ1n) is 9.67. The number of hydrogen-bond acceptors (Lipinski definition) is 6. The van der Waals surface area contributed by atoms with Gasteiger partial charge < -0.3 is 19.8 Å². The summed E-state index contributed by atoms with van der Waals surface area (Å²) in [7, 11) is 4.26. The van der Waals surface area contributed by atoms with E-state index in [9.17, 15) is 26.3 Å². The summed E-state index contributed by atoms with van der Waals surface area (Å²) in [6, 6.07) is 4.49. The third-order valence-electron chi connectivity index (χ3n) is 4.62. The number of fused-ring (bicyclic) bond motifs is 1. The van der Waals surface area contributed by atoms with Crippen molar-refractivity contribution in [3.8, 4) is 0 Å². The van der Waals surface area contributed by atoms with Crippen molar-refractivity contribution in [2.75, 3.05) is 33.7 Å². The van der Waals surface area contributed by atoms with Crippen molar-refractivity contribution in [2.24, 2.45) is 5.92 Å². The molecule has 0 saturated carbocycles. The molecule has 2 saturated heterocycles. The molecule has 2 aliphatic heterocycles. The van der Waals surface area contributed by atoms with Crippen molar-refractivity contribution in [3.05, 3.63) is 21.9 Å². The standard InChI is InChI=1S/C15H24N2OS.2C2HF3O2/c1-11-4-5-14(19-11)9-17-7-12-6-13(8-16(2)3)18-15(12)10-17;2*3-2(4,5)1(6)7/h4-5,12-13,15H,6-10H2,1-3H3;2*(H,6,7)/t12-,13-,15+;;/m1../s1. The number of carboxylic acid groups (broad SMARTS) is 2. The van der Waals surface area contributed by atoms with E-state index in [2.05, 4.69) is 43.0 Å². The molecule has 3 rings (SSSR count). The number of thiophene rings is 1. The highest BCUT2D eigenvalue weighted by atomic mass is 32.1. The van der Waals surface area contributed by atoms with Gasteiger partial charge in [-0.1, -0.05) is 0 Å². The molecule has 1 aromatic rings. The lowest BCUT2D eigenvalue weighted by Gasteiger charge is -2.20. The van der Waals surface area contributed by atoms with E-state index in [1.165, 1.54) is 22.7 Å². The number of likely N-dealkylation sites (tertiary alicyclic amines) is 1. The van der Waals surface area contributed by atoms with Crippen molar-refractivity contribution in [1.82, 2.24) is 9.80 Å². The lowest BCUT2D eigenvalue weighted by Crippen LogP contribution is -2.29. The summed E-state index contributed by atoms with van der Waals surface area (Å²) in [6.45, 7) is 6.68. The first-order valence-corrected chi connectivity index (χ1v) is 10.5. The zero-order valence-electron chi connectivity index (χ0n) is 18.1. The van der Waals surface area contributed by atoms with E-state index in [-0.39, 0.29) is 0 Å². The van der Waals surface area contributed by atoms with Gasteiger partial charge in [0.15, 0.2) is 0 Å². The van der Waals surface area contributed by atoms with Gasteiger partial charge in [0.05, 0.1) is 12.2 Å². The van der Waals surface area contributed by atoms with Gasteiger partial charge in [-0.2, -0.15) is 26.3 Å². The van der Waals surface area contributed by atoms with Crippen LogP contribution in [0.3, 0.4) is 0 Å². The van der Waals surface area contributed by atoms with Gasteiger partial charge in [-0.3, -0.25) is 4.90 Å². The molecule has 190 valence electrons. The van der Waals surface area contributed by atoms with Crippen LogP contribution in [-0.4, -0.2) is 90.2 Å². The normalized spacial score (nSPS) is 22.8. The molecular weight excluding hydrogens is 482 g/mol. The second-order valence-electron chi connectivity index (χ2n) is 7.87. The van der Waals surface area contributed by atoms with E-state index in [0.29, 0.717) is 12.2 Å². The quantitative estimate of drug-likeness (QED) is 0.602. The Kier molecular flexibility index (Phi) is 10.6. The van der Waals surface area contributed by atoms with Crippen LogP contribution >= 0.6 is 11.3 Å². The number of ether oxygens (including phenoxy) is 1. The minimum absolute atomic E-state index is 0.455. The van der Waals surface area contributed by atoms with Crippen LogP contribution < -0.4 is 0 Å². The van der Waals surface area contributed by atoms with Gasteiger partial charge in [0.25, 0.3) is 0 Å². The van der Waals surface area contributed by atoms with Gasteiger partial charge >= 0.3 is 24.3 Å². The molecule has 2 N–H and O–H groups in total. The molecule has 0 radical (unpaired) electrons. The number of likely N-dealkylation sites (N-methyl/N-ethyl adjacent to an activating group) is 1. The van der Waals surface area contributed by atoms with Gasteiger partial charge in [0.2, 0.25) is 0 Å². The van der Waals surface area contributed by atoms with Crippen molar-refractivity contribution in [2.45, 2.75) is 44.4 Å². The molecule has 3 atom stereocenters. The maximum absolute atomic E-state index is 10.6. The van der Waals surface area contributed by atoms with Crippen molar-refractivity contribution in [1.29, 1.82) is 0 Å². The zero-order valence-corrected chi connectivity index (χ0v) is 18.9. The number of carbonyl (C=O) groups is 2. The third kappa shape index (κ3) is 10.7. The summed E-state index contributed by atoms with van der Waals surface area (Å²) in [5, 5.41) is 14.2. The average molecular weight is 508 g/mol. The topological polar surface area (TPSA) is 90.3 Å². The third-order valence-corrected chi connectivity index (χ3v) is 5.60. The molecule has 7 nitrogen and oxygen atoms in total. The Hall–Kier alpha value is -1.90. The fourth-order valence-electron chi connectivity index (χ4n) is 3.39. The van der Waals surface area contributed by atoms with E-state index >= 15 is 0 Å². The number of nitrogens with zero attached hydrogens (tertiary/aromatic N) is 2. The number of halogens is 6. The minimum Gasteiger partial charge on any atom is -0.475 e. The maximum atomic E-state index is 10.6. The monoisotopic (exact) mass is 508 g/mol. The van der Waals surface area contributed by atoms with Crippen LogP contribution in [0.25, 0.3) is 0 Å². The summed E-state index contributed by atoms with van der Waals surface area (Å²) in [6.07, 6.45) is -8.00. The minimum atomic E-state index is -5.08. The first kappa shape index (κ1) is 29.1. The van der Waals surface area contributed by atoms with Gasteiger partial charge in [0.1, 0.15) is 0 Å². The summed E-state index contributed by atoms with van der Waals surface area (Å²) in [4.78, 5) is 25.5. The molecular formula is C19H26F6N2O5S. The van der Waals surface area contributed by atoms with Crippen LogP contribution in [0.1, 0.15) is 16.2 Å². The lowest BCUT2D eigenvalue weighted by molar-refractivity contribution is -0.193. The molecule has 33 heavy (non-hydrogen) atoms. The Labute approximate surface area is 190 Å². The van der Waals surface area contributed by atoms with Crippen molar-refractivity contribution < 1.29 is 50.9 Å². The number of alkyl halides is 6. The molecule has 0 unspecified atom stereocenters. The first-order chi connectivity index (χ1) is 15.0. The Morgan fingerprint density at radius 3 is 1.97 bits per heavy atom. The highest BCUT2D eigenvalue weighted by Crippen LogP contribution is 2.34. The average Bonchev–Trinajstić information content (AvgIpc) is 3.29. The summed E-state index contributed by atoms with van der Waals surface area (Å²) >= 11 is 1.92. The van der Waals surface area contributed by atoms with E-state index < -0.39 is 24.3 Å². The van der Waals surface area contributed by atoms with Gasteiger partial charge in [-0.15, -0.1) is 11.3 Å². The largest absolute Gasteiger partial charge is 0.490 e. The highest BCUT2D eigenvalue weighted by Gasteiger charge is 2.42. The molecule has 0 amide bonds. The SMILES string of the molecule is Cc1ccc(CN2C[C@H]3C[C@H](CN(C)C)O[C@H]3C2)s1.O=C(O)C(F)(F)F.O=C(O)C(F)(F)F. The molecule has 0 aliphatic carbocycles. The van der Waals surface area contributed by atoms with E-state index in [4.69, 9.17) is 24.5 Å². The van der Waals surface area contributed by atoms with Gasteiger partial charge in [0, 0.05) is 41.9 Å². The van der Waals surface area contributed by atoms with E-state index in [1.54, 1.807) is 0 Å². The van der Waals surface area contributed by atoms with E-state index in [1.807, 2.05) is 11.3 Å². The van der Waals surface area contributed by atoms with Gasteiger partial charge in [-0.05, 0) is 39.6 Å². The predicted molar refractivity (Wildman–Crippen MR) is 107 cm³/mol.